The van der Waals surface area contributed by atoms with Crippen molar-refractivity contribution in [3.05, 3.63) is 54.6 Å². The van der Waals surface area contributed by atoms with E-state index in [-0.39, 0.29) is 15.8 Å². The lowest BCUT2D eigenvalue weighted by molar-refractivity contribution is 0.584. The molecule has 0 aliphatic rings. The molecule has 0 unspecified atom stereocenters. The number of benzene rings is 2. The summed E-state index contributed by atoms with van der Waals surface area (Å²) in [6.45, 7) is 3.54. The molecular formula is C16H19NO4S2. The summed E-state index contributed by atoms with van der Waals surface area (Å²) in [4.78, 5) is -0.0617. The highest BCUT2D eigenvalue weighted by Gasteiger charge is 2.28. The van der Waals surface area contributed by atoms with Gasteiger partial charge in [0.15, 0.2) is 9.84 Å². The largest absolute Gasteiger partial charge is 0.264 e. The first kappa shape index (κ1) is 17.5. The number of anilines is 1. The fraction of sp³-hybridized carbons (Fsp3) is 0.250. The van der Waals surface area contributed by atoms with E-state index in [4.69, 9.17) is 0 Å². The van der Waals surface area contributed by atoms with Crippen molar-refractivity contribution in [2.75, 3.05) is 10.6 Å². The van der Waals surface area contributed by atoms with E-state index in [9.17, 15) is 16.8 Å². The zero-order valence-electron chi connectivity index (χ0n) is 13.2. The van der Waals surface area contributed by atoms with Crippen molar-refractivity contribution in [2.45, 2.75) is 29.7 Å². The normalized spacial score (nSPS) is 12.3. The van der Waals surface area contributed by atoms with Crippen molar-refractivity contribution in [1.82, 2.24) is 0 Å². The third kappa shape index (κ3) is 3.73. The van der Waals surface area contributed by atoms with Gasteiger partial charge >= 0.3 is 0 Å². The van der Waals surface area contributed by atoms with Crippen LogP contribution in [0.4, 0.5) is 5.69 Å². The zero-order valence-corrected chi connectivity index (χ0v) is 14.8. The van der Waals surface area contributed by atoms with Crippen LogP contribution in [0.25, 0.3) is 0 Å². The Kier molecular flexibility index (Phi) is 4.81. The van der Waals surface area contributed by atoms with Crippen molar-refractivity contribution in [3.63, 3.8) is 0 Å². The molecule has 7 heteroatoms. The number of sulfone groups is 1. The Labute approximate surface area is 137 Å². The summed E-state index contributed by atoms with van der Waals surface area (Å²) in [7, 11) is -7.35. The highest BCUT2D eigenvalue weighted by molar-refractivity contribution is 7.93. The first-order valence-corrected chi connectivity index (χ1v) is 10.4. The lowest BCUT2D eigenvalue weighted by atomic mass is 10.3. The second-order valence-corrected chi connectivity index (χ2v) is 9.31. The molecule has 5 nitrogen and oxygen atoms in total. The Morgan fingerprint density at radius 1 is 0.826 bits per heavy atom. The van der Waals surface area contributed by atoms with E-state index in [1.54, 1.807) is 44.2 Å². The van der Waals surface area contributed by atoms with Gasteiger partial charge in [0.1, 0.15) is 0 Å². The maximum atomic E-state index is 13.0. The SMILES string of the molecule is CC(C)N(c1ccccc1)S(=O)(=O)c1cccc(S(C)(=O)=O)c1. The minimum absolute atomic E-state index is 0.0182. The number of para-hydroxylation sites is 1. The van der Waals surface area contributed by atoms with E-state index in [0.29, 0.717) is 5.69 Å². The van der Waals surface area contributed by atoms with Gasteiger partial charge in [-0.3, -0.25) is 4.31 Å². The van der Waals surface area contributed by atoms with Gasteiger partial charge in [-0.15, -0.1) is 0 Å². The molecule has 0 N–H and O–H groups in total. The summed E-state index contributed by atoms with van der Waals surface area (Å²) in [6.07, 6.45) is 1.05. The van der Waals surface area contributed by atoms with Crippen molar-refractivity contribution in [1.29, 1.82) is 0 Å². The van der Waals surface area contributed by atoms with Crippen molar-refractivity contribution >= 4 is 25.5 Å². The lowest BCUT2D eigenvalue weighted by Gasteiger charge is -2.28. The van der Waals surface area contributed by atoms with Crippen molar-refractivity contribution in [3.8, 4) is 0 Å². The maximum Gasteiger partial charge on any atom is 0.264 e. The Morgan fingerprint density at radius 2 is 1.39 bits per heavy atom. The van der Waals surface area contributed by atoms with E-state index in [1.807, 2.05) is 0 Å². The average molecular weight is 353 g/mol. The molecule has 0 heterocycles. The minimum atomic E-state index is -3.87. The number of hydrogen-bond acceptors (Lipinski definition) is 4. The molecule has 0 aliphatic heterocycles. The van der Waals surface area contributed by atoms with Crippen LogP contribution in [0.2, 0.25) is 0 Å². The molecule has 0 aliphatic carbocycles. The third-order valence-corrected chi connectivity index (χ3v) is 6.38. The maximum absolute atomic E-state index is 13.0. The van der Waals surface area contributed by atoms with Gasteiger partial charge in [0.25, 0.3) is 10.0 Å². The summed E-state index contributed by atoms with van der Waals surface area (Å²) < 4.78 is 50.6. The Bertz CT molecular complexity index is 889. The summed E-state index contributed by atoms with van der Waals surface area (Å²) in [5, 5.41) is 0. The van der Waals surface area contributed by atoms with Gasteiger partial charge < -0.3 is 0 Å². The van der Waals surface area contributed by atoms with Crippen LogP contribution in [0, 0.1) is 0 Å². The number of nitrogens with zero attached hydrogens (tertiary/aromatic N) is 1. The van der Waals surface area contributed by atoms with Gasteiger partial charge in [-0.2, -0.15) is 0 Å². The van der Waals surface area contributed by atoms with Crippen LogP contribution in [0.5, 0.6) is 0 Å². The van der Waals surface area contributed by atoms with Gasteiger partial charge in [0, 0.05) is 12.3 Å². The van der Waals surface area contributed by atoms with Crippen LogP contribution in [0.3, 0.4) is 0 Å². The molecule has 0 aromatic heterocycles. The fourth-order valence-electron chi connectivity index (χ4n) is 2.27. The van der Waals surface area contributed by atoms with Crippen molar-refractivity contribution < 1.29 is 16.8 Å². The minimum Gasteiger partial charge on any atom is -0.264 e. The van der Waals surface area contributed by atoms with Crippen LogP contribution < -0.4 is 4.31 Å². The Balaban J connectivity index is 2.60. The first-order valence-electron chi connectivity index (χ1n) is 7.03. The van der Waals surface area contributed by atoms with Crippen LogP contribution >= 0.6 is 0 Å². The molecule has 0 spiro atoms. The van der Waals surface area contributed by atoms with E-state index in [2.05, 4.69) is 0 Å². The molecule has 0 bridgehead atoms. The summed E-state index contributed by atoms with van der Waals surface area (Å²) in [5.74, 6) is 0. The topological polar surface area (TPSA) is 71.5 Å². The summed E-state index contributed by atoms with van der Waals surface area (Å²) in [5.41, 5.74) is 0.534. The molecule has 2 rings (SSSR count). The van der Waals surface area contributed by atoms with Gasteiger partial charge in [0.2, 0.25) is 0 Å². The fourth-order valence-corrected chi connectivity index (χ4v) is 4.72. The quantitative estimate of drug-likeness (QED) is 0.828. The van der Waals surface area contributed by atoms with Crippen LogP contribution in [-0.4, -0.2) is 29.1 Å². The molecule has 0 atom stereocenters. The molecule has 0 fully saturated rings. The third-order valence-electron chi connectivity index (χ3n) is 3.27. The Hall–Kier alpha value is -1.86. The molecule has 0 radical (unpaired) electrons. The van der Waals surface area contributed by atoms with Crippen molar-refractivity contribution in [2.24, 2.45) is 0 Å². The van der Waals surface area contributed by atoms with E-state index in [0.717, 1.165) is 6.26 Å². The highest BCUT2D eigenvalue weighted by atomic mass is 32.2. The Morgan fingerprint density at radius 3 is 1.91 bits per heavy atom. The summed E-state index contributed by atoms with van der Waals surface area (Å²) >= 11 is 0. The average Bonchev–Trinajstić information content (AvgIpc) is 2.47. The second-order valence-electron chi connectivity index (χ2n) is 5.48. The predicted molar refractivity (Wildman–Crippen MR) is 90.8 cm³/mol. The van der Waals surface area contributed by atoms with Gasteiger partial charge in [-0.25, -0.2) is 16.8 Å². The molecule has 0 amide bonds. The molecular weight excluding hydrogens is 334 g/mol. The van der Waals surface area contributed by atoms with Crippen LogP contribution in [-0.2, 0) is 19.9 Å². The number of rotatable bonds is 5. The second kappa shape index (κ2) is 6.33. The summed E-state index contributed by atoms with van der Waals surface area (Å²) in [6, 6.07) is 13.8. The van der Waals surface area contributed by atoms with E-state index < -0.39 is 19.9 Å². The molecule has 23 heavy (non-hydrogen) atoms. The number of sulfonamides is 1. The van der Waals surface area contributed by atoms with Gasteiger partial charge in [-0.1, -0.05) is 24.3 Å². The zero-order chi connectivity index (χ0) is 17.3. The highest BCUT2D eigenvalue weighted by Crippen LogP contribution is 2.27. The molecule has 0 saturated heterocycles. The lowest BCUT2D eigenvalue weighted by Crippen LogP contribution is -2.37. The van der Waals surface area contributed by atoms with E-state index in [1.165, 1.54) is 28.6 Å². The van der Waals surface area contributed by atoms with Crippen LogP contribution in [0.1, 0.15) is 13.8 Å². The monoisotopic (exact) mass is 353 g/mol. The molecule has 2 aromatic rings. The van der Waals surface area contributed by atoms with Gasteiger partial charge in [-0.05, 0) is 44.2 Å². The molecule has 0 saturated carbocycles. The number of hydrogen-bond donors (Lipinski definition) is 0. The van der Waals surface area contributed by atoms with Crippen LogP contribution in [0.15, 0.2) is 64.4 Å². The molecule has 124 valence electrons. The first-order chi connectivity index (χ1) is 10.6. The smallest absolute Gasteiger partial charge is 0.264 e. The molecule has 2 aromatic carbocycles. The van der Waals surface area contributed by atoms with Gasteiger partial charge in [0.05, 0.1) is 15.5 Å². The standard InChI is InChI=1S/C16H19NO4S2/c1-13(2)17(14-8-5-4-6-9-14)23(20,21)16-11-7-10-15(12-16)22(3,18)19/h4-13H,1-3H3. The van der Waals surface area contributed by atoms with E-state index >= 15 is 0 Å². The predicted octanol–water partition coefficient (Wildman–Crippen LogP) is 2.69.